The van der Waals surface area contributed by atoms with Gasteiger partial charge in [0.1, 0.15) is 0 Å². The number of benzene rings is 1. The summed E-state index contributed by atoms with van der Waals surface area (Å²) < 4.78 is 5.23. The first-order valence-corrected chi connectivity index (χ1v) is 8.91. The first-order valence-electron chi connectivity index (χ1n) is 8.91. The van der Waals surface area contributed by atoms with Crippen LogP contribution in [-0.2, 0) is 9.53 Å². The van der Waals surface area contributed by atoms with Gasteiger partial charge in [0.15, 0.2) is 0 Å². The summed E-state index contributed by atoms with van der Waals surface area (Å²) in [4.78, 5) is 40.3. The normalized spacial score (nSPS) is 15.4. The minimum atomic E-state index is -1.01. The molecule has 2 heterocycles. The predicted octanol–water partition coefficient (Wildman–Crippen LogP) is 1.95. The van der Waals surface area contributed by atoms with Gasteiger partial charge in [-0.1, -0.05) is 6.07 Å². The van der Waals surface area contributed by atoms with Crippen LogP contribution in [0.15, 0.2) is 48.8 Å². The summed E-state index contributed by atoms with van der Waals surface area (Å²) >= 11 is 0. The van der Waals surface area contributed by atoms with Crippen molar-refractivity contribution in [3.05, 3.63) is 59.9 Å². The largest absolute Gasteiger partial charge is 0.481 e. The van der Waals surface area contributed by atoms with Crippen LogP contribution in [-0.4, -0.2) is 47.6 Å². The molecule has 28 heavy (non-hydrogen) atoms. The van der Waals surface area contributed by atoms with E-state index in [2.05, 4.69) is 15.6 Å². The van der Waals surface area contributed by atoms with Crippen molar-refractivity contribution >= 4 is 23.5 Å². The summed E-state index contributed by atoms with van der Waals surface area (Å²) in [5, 5.41) is 15.0. The summed E-state index contributed by atoms with van der Waals surface area (Å²) in [5.74, 6) is -1.67. The van der Waals surface area contributed by atoms with Gasteiger partial charge in [-0.25, -0.2) is 0 Å². The third kappa shape index (κ3) is 4.52. The second kappa shape index (κ2) is 8.62. The van der Waals surface area contributed by atoms with Gasteiger partial charge in [0, 0.05) is 43.4 Å². The minimum absolute atomic E-state index is 0.0246. The highest BCUT2D eigenvalue weighted by Crippen LogP contribution is 2.30. The van der Waals surface area contributed by atoms with Crippen LogP contribution in [0.25, 0.3) is 0 Å². The number of amides is 2. The van der Waals surface area contributed by atoms with Gasteiger partial charge in [-0.05, 0) is 43.2 Å². The van der Waals surface area contributed by atoms with Crippen LogP contribution in [0.4, 0.5) is 5.69 Å². The van der Waals surface area contributed by atoms with Gasteiger partial charge in [-0.2, -0.15) is 0 Å². The molecule has 0 atom stereocenters. The number of carboxylic acid groups (broad SMARTS) is 1. The van der Waals surface area contributed by atoms with Gasteiger partial charge in [-0.3, -0.25) is 19.4 Å². The summed E-state index contributed by atoms with van der Waals surface area (Å²) in [7, 11) is 0. The molecule has 3 N–H and O–H groups in total. The maximum atomic E-state index is 12.5. The van der Waals surface area contributed by atoms with E-state index in [1.165, 1.54) is 6.20 Å². The zero-order valence-electron chi connectivity index (χ0n) is 15.2. The Labute approximate surface area is 161 Å². The number of aromatic nitrogens is 1. The number of nitrogens with one attached hydrogen (secondary N) is 2. The number of pyridine rings is 1. The van der Waals surface area contributed by atoms with Gasteiger partial charge < -0.3 is 20.5 Å². The Balaban J connectivity index is 1.65. The Morgan fingerprint density at radius 2 is 1.82 bits per heavy atom. The predicted molar refractivity (Wildman–Crippen MR) is 101 cm³/mol. The molecule has 1 aliphatic heterocycles. The zero-order valence-corrected chi connectivity index (χ0v) is 15.2. The lowest BCUT2D eigenvalue weighted by Crippen LogP contribution is -2.46. The lowest BCUT2D eigenvalue weighted by Gasteiger charge is -2.33. The molecule has 0 bridgehead atoms. The Kier molecular flexibility index (Phi) is 6.00. The molecular formula is C20H21N3O5. The fourth-order valence-electron chi connectivity index (χ4n) is 3.02. The fraction of sp³-hybridized carbons (Fsp3) is 0.300. The molecule has 0 saturated carbocycles. The molecule has 1 aromatic heterocycles. The molecule has 0 aliphatic carbocycles. The molecule has 2 aromatic rings. The smallest absolute Gasteiger partial charge is 0.311 e. The van der Waals surface area contributed by atoms with E-state index < -0.39 is 17.3 Å². The zero-order chi connectivity index (χ0) is 20.0. The number of rotatable bonds is 6. The van der Waals surface area contributed by atoms with Crippen LogP contribution in [0.3, 0.4) is 0 Å². The SMILES string of the molecule is O=C(NCC1(C(=O)O)CCOCC1)c1cccc(NC(=O)c2cccnc2)c1. The number of carboxylic acids is 1. The number of carbonyl (C=O) groups excluding carboxylic acids is 2. The Bertz CT molecular complexity index is 863. The van der Waals surface area contributed by atoms with Gasteiger partial charge in [-0.15, -0.1) is 0 Å². The van der Waals surface area contributed by atoms with E-state index in [0.29, 0.717) is 42.9 Å². The van der Waals surface area contributed by atoms with Crippen LogP contribution in [0.2, 0.25) is 0 Å². The van der Waals surface area contributed by atoms with E-state index in [1.54, 1.807) is 42.6 Å². The van der Waals surface area contributed by atoms with Crippen LogP contribution in [0.1, 0.15) is 33.6 Å². The fourth-order valence-corrected chi connectivity index (χ4v) is 3.02. The molecule has 2 amide bonds. The molecule has 0 unspecified atom stereocenters. The van der Waals surface area contributed by atoms with Crippen LogP contribution in [0.5, 0.6) is 0 Å². The monoisotopic (exact) mass is 383 g/mol. The van der Waals surface area contributed by atoms with Crippen molar-refractivity contribution in [1.82, 2.24) is 10.3 Å². The molecule has 3 rings (SSSR count). The highest BCUT2D eigenvalue weighted by Gasteiger charge is 2.40. The third-order valence-electron chi connectivity index (χ3n) is 4.80. The van der Waals surface area contributed by atoms with Crippen molar-refractivity contribution in [2.75, 3.05) is 25.1 Å². The van der Waals surface area contributed by atoms with Gasteiger partial charge >= 0.3 is 5.97 Å². The Morgan fingerprint density at radius 1 is 1.07 bits per heavy atom. The van der Waals surface area contributed by atoms with E-state index in [-0.39, 0.29) is 12.5 Å². The second-order valence-electron chi connectivity index (χ2n) is 6.66. The van der Waals surface area contributed by atoms with Crippen molar-refractivity contribution in [1.29, 1.82) is 0 Å². The molecule has 1 saturated heterocycles. The van der Waals surface area contributed by atoms with Crippen molar-refractivity contribution in [2.24, 2.45) is 5.41 Å². The van der Waals surface area contributed by atoms with Gasteiger partial charge in [0.05, 0.1) is 11.0 Å². The summed E-state index contributed by atoms with van der Waals surface area (Å²) in [6.45, 7) is 0.743. The van der Waals surface area contributed by atoms with Gasteiger partial charge in [0.25, 0.3) is 11.8 Å². The Morgan fingerprint density at radius 3 is 2.50 bits per heavy atom. The van der Waals surface area contributed by atoms with E-state index in [0.717, 1.165) is 0 Å². The number of hydrogen-bond acceptors (Lipinski definition) is 5. The van der Waals surface area contributed by atoms with Crippen LogP contribution in [0, 0.1) is 5.41 Å². The average molecular weight is 383 g/mol. The number of carbonyl (C=O) groups is 3. The average Bonchev–Trinajstić information content (AvgIpc) is 2.73. The van der Waals surface area contributed by atoms with Gasteiger partial charge in [0.2, 0.25) is 0 Å². The molecule has 1 aromatic carbocycles. The van der Waals surface area contributed by atoms with Crippen molar-refractivity contribution < 1.29 is 24.2 Å². The molecule has 8 heteroatoms. The van der Waals surface area contributed by atoms with E-state index in [4.69, 9.17) is 4.74 Å². The maximum absolute atomic E-state index is 12.5. The molecule has 1 aliphatic rings. The Hall–Kier alpha value is -3.26. The maximum Gasteiger partial charge on any atom is 0.311 e. The third-order valence-corrected chi connectivity index (χ3v) is 4.80. The van der Waals surface area contributed by atoms with E-state index >= 15 is 0 Å². The number of ether oxygens (including phenoxy) is 1. The van der Waals surface area contributed by atoms with Crippen LogP contribution >= 0.6 is 0 Å². The minimum Gasteiger partial charge on any atom is -0.481 e. The van der Waals surface area contributed by atoms with Crippen molar-refractivity contribution in [2.45, 2.75) is 12.8 Å². The topological polar surface area (TPSA) is 118 Å². The number of anilines is 1. The van der Waals surface area contributed by atoms with E-state index in [1.807, 2.05) is 0 Å². The first-order chi connectivity index (χ1) is 13.5. The number of nitrogens with zero attached hydrogens (tertiary/aromatic N) is 1. The standard InChI is InChI=1S/C20H21N3O5/c24-17(22-13-20(19(26)27)6-9-28-10-7-20)14-3-1-5-16(11-14)23-18(25)15-4-2-8-21-12-15/h1-5,8,11-12H,6-7,9-10,13H2,(H,22,24)(H,23,25)(H,26,27). The number of hydrogen-bond donors (Lipinski definition) is 3. The molecular weight excluding hydrogens is 362 g/mol. The van der Waals surface area contributed by atoms with Crippen molar-refractivity contribution in [3.8, 4) is 0 Å². The number of aliphatic carboxylic acids is 1. The summed E-state index contributed by atoms with van der Waals surface area (Å²) in [6.07, 6.45) is 3.73. The molecule has 8 nitrogen and oxygen atoms in total. The summed E-state index contributed by atoms with van der Waals surface area (Å²) in [5.41, 5.74) is 0.178. The van der Waals surface area contributed by atoms with Crippen LogP contribution < -0.4 is 10.6 Å². The summed E-state index contributed by atoms with van der Waals surface area (Å²) in [6, 6.07) is 9.76. The molecule has 1 fully saturated rings. The highest BCUT2D eigenvalue weighted by molar-refractivity contribution is 6.05. The quantitative estimate of drug-likeness (QED) is 0.702. The second-order valence-corrected chi connectivity index (χ2v) is 6.66. The molecule has 0 spiro atoms. The first kappa shape index (κ1) is 19.5. The molecule has 0 radical (unpaired) electrons. The highest BCUT2D eigenvalue weighted by atomic mass is 16.5. The lowest BCUT2D eigenvalue weighted by atomic mass is 9.80. The lowest BCUT2D eigenvalue weighted by molar-refractivity contribution is -0.154. The molecule has 146 valence electrons. The van der Waals surface area contributed by atoms with E-state index in [9.17, 15) is 19.5 Å². The van der Waals surface area contributed by atoms with Crippen molar-refractivity contribution in [3.63, 3.8) is 0 Å².